The van der Waals surface area contributed by atoms with E-state index in [2.05, 4.69) is 6.58 Å². The average molecular weight is 190 g/mol. The summed E-state index contributed by atoms with van der Waals surface area (Å²) in [5.74, 6) is 0.0957. The molecule has 0 aromatic heterocycles. The lowest BCUT2D eigenvalue weighted by molar-refractivity contribution is -0.136. The summed E-state index contributed by atoms with van der Waals surface area (Å²) in [4.78, 5) is 11.1. The molecular formula is C11H10O3. The number of aliphatic hydroxyl groups is 1. The van der Waals surface area contributed by atoms with Crippen LogP contribution in [0.25, 0.3) is 5.76 Å². The molecule has 2 rings (SSSR count). The normalized spacial score (nSPS) is 14.9. The maximum Gasteiger partial charge on any atom is 0.315 e. The van der Waals surface area contributed by atoms with Crippen molar-refractivity contribution >= 4 is 11.7 Å². The van der Waals surface area contributed by atoms with Crippen LogP contribution in [-0.4, -0.2) is 11.1 Å². The third kappa shape index (κ3) is 1.42. The topological polar surface area (TPSA) is 46.5 Å². The third-order valence-electron chi connectivity index (χ3n) is 2.22. The highest BCUT2D eigenvalue weighted by atomic mass is 16.5. The van der Waals surface area contributed by atoms with E-state index in [1.54, 1.807) is 12.1 Å². The minimum atomic E-state index is -0.294. The Morgan fingerprint density at radius 3 is 3.00 bits per heavy atom. The van der Waals surface area contributed by atoms with Gasteiger partial charge in [-0.05, 0) is 11.1 Å². The van der Waals surface area contributed by atoms with Crippen molar-refractivity contribution in [1.29, 1.82) is 0 Å². The second kappa shape index (κ2) is 3.27. The molecule has 1 aromatic carbocycles. The van der Waals surface area contributed by atoms with E-state index in [4.69, 9.17) is 9.84 Å². The molecule has 1 aromatic rings. The Bertz CT molecular complexity index is 407. The van der Waals surface area contributed by atoms with Crippen molar-refractivity contribution in [1.82, 2.24) is 0 Å². The zero-order valence-corrected chi connectivity index (χ0v) is 7.62. The van der Waals surface area contributed by atoms with Crippen molar-refractivity contribution in [2.24, 2.45) is 0 Å². The third-order valence-corrected chi connectivity index (χ3v) is 2.22. The first kappa shape index (κ1) is 8.97. The second-order valence-electron chi connectivity index (χ2n) is 3.22. The van der Waals surface area contributed by atoms with E-state index in [1.807, 2.05) is 6.07 Å². The van der Waals surface area contributed by atoms with Crippen LogP contribution in [-0.2, 0) is 22.6 Å². The number of hydrogen-bond donors (Lipinski definition) is 1. The predicted octanol–water partition coefficient (Wildman–Crippen LogP) is 1.25. The van der Waals surface area contributed by atoms with Gasteiger partial charge in [-0.3, -0.25) is 4.79 Å². The van der Waals surface area contributed by atoms with E-state index in [-0.39, 0.29) is 19.0 Å². The molecule has 1 heterocycles. The van der Waals surface area contributed by atoms with Gasteiger partial charge in [0.05, 0.1) is 13.0 Å². The van der Waals surface area contributed by atoms with Crippen LogP contribution in [0, 0.1) is 0 Å². The highest BCUT2D eigenvalue weighted by Gasteiger charge is 2.19. The number of carbonyl (C=O) groups is 1. The number of hydrogen-bond acceptors (Lipinski definition) is 3. The molecule has 0 aliphatic carbocycles. The van der Waals surface area contributed by atoms with Gasteiger partial charge in [-0.2, -0.15) is 0 Å². The molecule has 0 unspecified atom stereocenters. The van der Waals surface area contributed by atoms with Gasteiger partial charge in [-0.15, -0.1) is 0 Å². The molecule has 72 valence electrons. The number of fused-ring (bicyclic) bond motifs is 1. The van der Waals surface area contributed by atoms with E-state index in [9.17, 15) is 4.79 Å². The molecule has 3 heteroatoms. The highest BCUT2D eigenvalue weighted by Crippen LogP contribution is 2.26. The smallest absolute Gasteiger partial charge is 0.315 e. The summed E-state index contributed by atoms with van der Waals surface area (Å²) < 4.78 is 4.89. The van der Waals surface area contributed by atoms with Crippen molar-refractivity contribution in [2.45, 2.75) is 13.0 Å². The zero-order chi connectivity index (χ0) is 10.1. The fraction of sp³-hybridized carbons (Fsp3) is 0.182. The first-order chi connectivity index (χ1) is 6.70. The van der Waals surface area contributed by atoms with Gasteiger partial charge in [-0.25, -0.2) is 0 Å². The summed E-state index contributed by atoms with van der Waals surface area (Å²) in [6.07, 6.45) is 0.252. The molecule has 0 atom stereocenters. The quantitative estimate of drug-likeness (QED) is 0.678. The Labute approximate surface area is 81.6 Å². The molecule has 0 saturated carbocycles. The molecule has 0 saturated heterocycles. The zero-order valence-electron chi connectivity index (χ0n) is 7.62. The molecular weight excluding hydrogens is 180 g/mol. The maximum absolute atomic E-state index is 11.1. The standard InChI is InChI=1S/C11H10O3/c1-7-10-3-2-8(6-12)4-9(10)5-11(13)14-7/h2-4,12H,1,5-6H2. The molecule has 0 bridgehead atoms. The van der Waals surface area contributed by atoms with Crippen LogP contribution in [0.5, 0.6) is 0 Å². The molecule has 1 aliphatic heterocycles. The van der Waals surface area contributed by atoms with Crippen molar-refractivity contribution in [3.05, 3.63) is 41.5 Å². The minimum absolute atomic E-state index is 0.0190. The fourth-order valence-electron chi connectivity index (χ4n) is 1.55. The SMILES string of the molecule is C=C1OC(=O)Cc2cc(CO)ccc21. The Kier molecular flexibility index (Phi) is 2.09. The van der Waals surface area contributed by atoms with Gasteiger partial charge in [0.1, 0.15) is 5.76 Å². The van der Waals surface area contributed by atoms with Gasteiger partial charge in [0, 0.05) is 5.56 Å². The van der Waals surface area contributed by atoms with E-state index in [0.717, 1.165) is 16.7 Å². The van der Waals surface area contributed by atoms with Crippen LogP contribution in [0.3, 0.4) is 0 Å². The fourth-order valence-corrected chi connectivity index (χ4v) is 1.55. The number of ether oxygens (including phenoxy) is 1. The first-order valence-electron chi connectivity index (χ1n) is 4.33. The molecule has 0 spiro atoms. The van der Waals surface area contributed by atoms with Gasteiger partial charge in [0.25, 0.3) is 0 Å². The molecule has 0 fully saturated rings. The highest BCUT2D eigenvalue weighted by molar-refractivity contribution is 5.85. The lowest BCUT2D eigenvalue weighted by Gasteiger charge is -2.17. The van der Waals surface area contributed by atoms with Crippen LogP contribution >= 0.6 is 0 Å². The number of carbonyl (C=O) groups excluding carboxylic acids is 1. The Balaban J connectivity index is 2.49. The van der Waals surface area contributed by atoms with Crippen LogP contribution in [0.1, 0.15) is 16.7 Å². The van der Waals surface area contributed by atoms with Crippen molar-refractivity contribution in [3.8, 4) is 0 Å². The summed E-state index contributed by atoms with van der Waals surface area (Å²) >= 11 is 0. The molecule has 14 heavy (non-hydrogen) atoms. The Morgan fingerprint density at radius 2 is 2.29 bits per heavy atom. The summed E-state index contributed by atoms with van der Waals surface area (Å²) in [6.45, 7) is 3.64. The van der Waals surface area contributed by atoms with Crippen LogP contribution < -0.4 is 0 Å². The summed E-state index contributed by atoms with van der Waals surface area (Å²) in [5, 5.41) is 8.93. The molecule has 0 amide bonds. The van der Waals surface area contributed by atoms with Gasteiger partial charge >= 0.3 is 5.97 Å². The van der Waals surface area contributed by atoms with Crippen LogP contribution in [0.15, 0.2) is 24.8 Å². The number of rotatable bonds is 1. The number of aliphatic hydroxyl groups excluding tert-OH is 1. The largest absolute Gasteiger partial charge is 0.426 e. The van der Waals surface area contributed by atoms with Gasteiger partial charge < -0.3 is 9.84 Å². The number of cyclic esters (lactones) is 1. The van der Waals surface area contributed by atoms with E-state index >= 15 is 0 Å². The lowest BCUT2D eigenvalue weighted by atomic mass is 9.98. The second-order valence-corrected chi connectivity index (χ2v) is 3.22. The van der Waals surface area contributed by atoms with Gasteiger partial charge in [0.15, 0.2) is 0 Å². The molecule has 0 radical (unpaired) electrons. The number of esters is 1. The monoisotopic (exact) mass is 190 g/mol. The molecule has 1 aliphatic rings. The predicted molar refractivity (Wildman–Crippen MR) is 51.2 cm³/mol. The number of benzene rings is 1. The van der Waals surface area contributed by atoms with Crippen molar-refractivity contribution < 1.29 is 14.6 Å². The summed E-state index contributed by atoms with van der Waals surface area (Å²) in [6, 6.07) is 5.42. The average Bonchev–Trinajstić information content (AvgIpc) is 2.16. The van der Waals surface area contributed by atoms with E-state index in [0.29, 0.717) is 5.76 Å². The van der Waals surface area contributed by atoms with Crippen molar-refractivity contribution in [2.75, 3.05) is 0 Å². The maximum atomic E-state index is 11.1. The van der Waals surface area contributed by atoms with E-state index < -0.39 is 0 Å². The lowest BCUT2D eigenvalue weighted by Crippen LogP contribution is -2.15. The van der Waals surface area contributed by atoms with Crippen LogP contribution in [0.2, 0.25) is 0 Å². The van der Waals surface area contributed by atoms with Gasteiger partial charge in [-0.1, -0.05) is 24.8 Å². The first-order valence-corrected chi connectivity index (χ1v) is 4.33. The van der Waals surface area contributed by atoms with Crippen molar-refractivity contribution in [3.63, 3.8) is 0 Å². The summed E-state index contributed by atoms with van der Waals surface area (Å²) in [7, 11) is 0. The minimum Gasteiger partial charge on any atom is -0.426 e. The molecule has 1 N–H and O–H groups in total. The van der Waals surface area contributed by atoms with E-state index in [1.165, 1.54) is 0 Å². The van der Waals surface area contributed by atoms with Gasteiger partial charge in [0.2, 0.25) is 0 Å². The molecule has 3 nitrogen and oxygen atoms in total. The Hall–Kier alpha value is -1.61. The Morgan fingerprint density at radius 1 is 1.50 bits per heavy atom. The summed E-state index contributed by atoms with van der Waals surface area (Å²) in [5.41, 5.74) is 2.52. The van der Waals surface area contributed by atoms with Crippen LogP contribution in [0.4, 0.5) is 0 Å².